The Morgan fingerprint density at radius 2 is 2.24 bits per heavy atom. The molecule has 1 aliphatic heterocycles. The third kappa shape index (κ3) is 3.25. The van der Waals surface area contributed by atoms with Gasteiger partial charge >= 0.3 is 5.82 Å². The van der Waals surface area contributed by atoms with Crippen LogP contribution in [0.3, 0.4) is 0 Å². The number of rotatable bonds is 4. The van der Waals surface area contributed by atoms with E-state index in [4.69, 9.17) is 0 Å². The van der Waals surface area contributed by atoms with Gasteiger partial charge in [-0.15, -0.1) is 0 Å². The Kier molecular flexibility index (Phi) is 4.97. The molecule has 0 aliphatic carbocycles. The minimum absolute atomic E-state index is 0.0189. The van der Waals surface area contributed by atoms with Crippen molar-refractivity contribution < 1.29 is 9.72 Å². The zero-order valence-corrected chi connectivity index (χ0v) is 13.8. The van der Waals surface area contributed by atoms with Crippen LogP contribution in [0.2, 0.25) is 0 Å². The predicted molar refractivity (Wildman–Crippen MR) is 81.0 cm³/mol. The highest BCUT2D eigenvalue weighted by Crippen LogP contribution is 2.27. The van der Waals surface area contributed by atoms with Gasteiger partial charge in [0.25, 0.3) is 0 Å². The molecule has 1 atom stereocenters. The molecule has 1 amide bonds. The fourth-order valence-corrected chi connectivity index (χ4v) is 3.18. The number of carbonyl (C=O) groups is 1. The summed E-state index contributed by atoms with van der Waals surface area (Å²) in [6, 6.07) is 0.278. The lowest BCUT2D eigenvalue weighted by atomic mass is 10.00. The summed E-state index contributed by atoms with van der Waals surface area (Å²) < 4.78 is 1.75. The normalized spacial score (nSPS) is 18.8. The van der Waals surface area contributed by atoms with Crippen molar-refractivity contribution in [2.45, 2.75) is 52.1 Å². The standard InChI is InChI=1S/C13H19BrN4O3/c1-3-10-6-4-5-7-16(10)11(19)8-17-9(2)12(14)13(15-17)18(20)21/h10H,3-8H2,1-2H3/t10-/m1/s1. The van der Waals surface area contributed by atoms with Crippen LogP contribution in [0.4, 0.5) is 5.82 Å². The van der Waals surface area contributed by atoms with E-state index in [0.29, 0.717) is 10.2 Å². The molecule has 0 saturated carbocycles. The second-order valence-corrected chi connectivity index (χ2v) is 6.08. The highest BCUT2D eigenvalue weighted by Gasteiger charge is 2.29. The number of likely N-dealkylation sites (tertiary alicyclic amines) is 1. The Morgan fingerprint density at radius 1 is 1.52 bits per heavy atom. The summed E-state index contributed by atoms with van der Waals surface area (Å²) in [6.07, 6.45) is 4.14. The first kappa shape index (κ1) is 15.9. The van der Waals surface area contributed by atoms with Crippen molar-refractivity contribution in [3.63, 3.8) is 0 Å². The number of hydrogen-bond acceptors (Lipinski definition) is 4. The lowest BCUT2D eigenvalue weighted by molar-refractivity contribution is -0.390. The van der Waals surface area contributed by atoms with Gasteiger partial charge in [-0.2, -0.15) is 4.68 Å². The highest BCUT2D eigenvalue weighted by molar-refractivity contribution is 9.10. The Hall–Kier alpha value is -1.44. The summed E-state index contributed by atoms with van der Waals surface area (Å²) in [5.41, 5.74) is 0.597. The molecule has 0 unspecified atom stereocenters. The van der Waals surface area contributed by atoms with Gasteiger partial charge in [0.1, 0.15) is 11.0 Å². The van der Waals surface area contributed by atoms with Crippen molar-refractivity contribution in [2.24, 2.45) is 0 Å². The number of nitro groups is 1. The van der Waals surface area contributed by atoms with Crippen LogP contribution in [0.1, 0.15) is 38.3 Å². The molecule has 1 aromatic rings. The molecule has 1 aromatic heterocycles. The van der Waals surface area contributed by atoms with Gasteiger partial charge < -0.3 is 15.0 Å². The van der Waals surface area contributed by atoms with Gasteiger partial charge in [0, 0.05) is 12.6 Å². The van der Waals surface area contributed by atoms with Crippen molar-refractivity contribution in [3.8, 4) is 0 Å². The molecule has 2 heterocycles. The quantitative estimate of drug-likeness (QED) is 0.611. The van der Waals surface area contributed by atoms with Crippen LogP contribution in [0.25, 0.3) is 0 Å². The average molecular weight is 359 g/mol. The van der Waals surface area contributed by atoms with Crippen LogP contribution in [-0.4, -0.2) is 38.1 Å². The van der Waals surface area contributed by atoms with E-state index in [1.54, 1.807) is 6.92 Å². The molecule has 8 heteroatoms. The second-order valence-electron chi connectivity index (χ2n) is 5.28. The fraction of sp³-hybridized carbons (Fsp3) is 0.692. The van der Waals surface area contributed by atoms with E-state index in [1.807, 2.05) is 4.90 Å². The molecule has 2 rings (SSSR count). The molecular weight excluding hydrogens is 340 g/mol. The number of amides is 1. The minimum Gasteiger partial charge on any atom is -0.358 e. The molecule has 0 aromatic carbocycles. The summed E-state index contributed by atoms with van der Waals surface area (Å²) in [5, 5.41) is 14.8. The van der Waals surface area contributed by atoms with E-state index in [2.05, 4.69) is 28.0 Å². The Morgan fingerprint density at radius 3 is 2.81 bits per heavy atom. The maximum atomic E-state index is 12.5. The monoisotopic (exact) mass is 358 g/mol. The predicted octanol–water partition coefficient (Wildman–Crippen LogP) is 2.65. The van der Waals surface area contributed by atoms with Gasteiger partial charge in [-0.3, -0.25) is 4.79 Å². The molecule has 0 radical (unpaired) electrons. The van der Waals surface area contributed by atoms with Crippen molar-refractivity contribution >= 4 is 27.7 Å². The first-order valence-corrected chi connectivity index (χ1v) is 7.91. The summed E-state index contributed by atoms with van der Waals surface area (Å²) >= 11 is 3.16. The highest BCUT2D eigenvalue weighted by atomic mass is 79.9. The van der Waals surface area contributed by atoms with Crippen LogP contribution in [0, 0.1) is 17.0 Å². The Balaban J connectivity index is 2.16. The third-order valence-electron chi connectivity index (χ3n) is 3.99. The molecular formula is C13H19BrN4O3. The zero-order chi connectivity index (χ0) is 15.6. The van der Waals surface area contributed by atoms with Gasteiger partial charge in [0.15, 0.2) is 0 Å². The van der Waals surface area contributed by atoms with E-state index in [9.17, 15) is 14.9 Å². The Labute approximate surface area is 131 Å². The number of aromatic nitrogens is 2. The number of halogens is 1. The van der Waals surface area contributed by atoms with Gasteiger partial charge in [0.05, 0.1) is 10.8 Å². The third-order valence-corrected chi connectivity index (χ3v) is 4.92. The van der Waals surface area contributed by atoms with E-state index < -0.39 is 4.92 Å². The summed E-state index contributed by atoms with van der Waals surface area (Å²) in [5.74, 6) is -0.263. The molecule has 21 heavy (non-hydrogen) atoms. The van der Waals surface area contributed by atoms with E-state index >= 15 is 0 Å². The molecule has 116 valence electrons. The molecule has 0 bridgehead atoms. The Bertz CT molecular complexity index is 558. The second kappa shape index (κ2) is 6.55. The van der Waals surface area contributed by atoms with Gasteiger partial charge in [-0.05, 0) is 53.5 Å². The summed E-state index contributed by atoms with van der Waals surface area (Å²) in [4.78, 5) is 24.7. The fourth-order valence-electron chi connectivity index (χ4n) is 2.75. The topological polar surface area (TPSA) is 81.3 Å². The lowest BCUT2D eigenvalue weighted by Crippen LogP contribution is -2.45. The average Bonchev–Trinajstić information content (AvgIpc) is 2.75. The van der Waals surface area contributed by atoms with Crippen LogP contribution in [0.15, 0.2) is 4.47 Å². The minimum atomic E-state index is -0.548. The maximum Gasteiger partial charge on any atom is 0.404 e. The molecule has 0 N–H and O–H groups in total. The van der Waals surface area contributed by atoms with Crippen molar-refractivity contribution in [1.82, 2.24) is 14.7 Å². The number of hydrogen-bond donors (Lipinski definition) is 0. The molecule has 1 saturated heterocycles. The SMILES string of the molecule is CC[C@@H]1CCCCN1C(=O)Cn1nc([N+](=O)[O-])c(Br)c1C. The lowest BCUT2D eigenvalue weighted by Gasteiger charge is -2.35. The molecule has 1 fully saturated rings. The maximum absolute atomic E-state index is 12.5. The number of carbonyl (C=O) groups excluding carboxylic acids is 1. The first-order valence-electron chi connectivity index (χ1n) is 7.12. The zero-order valence-electron chi connectivity index (χ0n) is 12.2. The largest absolute Gasteiger partial charge is 0.404 e. The van der Waals surface area contributed by atoms with E-state index in [-0.39, 0.29) is 24.3 Å². The molecule has 0 spiro atoms. The van der Waals surface area contributed by atoms with Gasteiger partial charge in [0.2, 0.25) is 5.91 Å². The van der Waals surface area contributed by atoms with Crippen LogP contribution in [-0.2, 0) is 11.3 Å². The van der Waals surface area contributed by atoms with Crippen LogP contribution < -0.4 is 0 Å². The smallest absolute Gasteiger partial charge is 0.358 e. The van der Waals surface area contributed by atoms with Gasteiger partial charge in [-0.1, -0.05) is 6.92 Å². The van der Waals surface area contributed by atoms with Crippen molar-refractivity contribution in [1.29, 1.82) is 0 Å². The first-order chi connectivity index (χ1) is 9.95. The van der Waals surface area contributed by atoms with Crippen LogP contribution >= 0.6 is 15.9 Å². The van der Waals surface area contributed by atoms with Crippen molar-refractivity contribution in [2.75, 3.05) is 6.54 Å². The number of piperidine rings is 1. The van der Waals surface area contributed by atoms with Crippen LogP contribution in [0.5, 0.6) is 0 Å². The van der Waals surface area contributed by atoms with E-state index in [1.165, 1.54) is 4.68 Å². The summed E-state index contributed by atoms with van der Waals surface area (Å²) in [6.45, 7) is 4.61. The summed E-state index contributed by atoms with van der Waals surface area (Å²) in [7, 11) is 0. The molecule has 1 aliphatic rings. The van der Waals surface area contributed by atoms with Crippen molar-refractivity contribution in [3.05, 3.63) is 20.3 Å². The molecule has 7 nitrogen and oxygen atoms in total. The number of nitrogens with zero attached hydrogens (tertiary/aromatic N) is 4. The van der Waals surface area contributed by atoms with E-state index in [0.717, 1.165) is 32.2 Å². The van der Waals surface area contributed by atoms with Gasteiger partial charge in [-0.25, -0.2) is 0 Å².